The van der Waals surface area contributed by atoms with E-state index in [0.29, 0.717) is 11.6 Å². The molecule has 2 unspecified atom stereocenters. The molecule has 0 saturated carbocycles. The molecule has 2 aromatic rings. The van der Waals surface area contributed by atoms with Crippen molar-refractivity contribution >= 4 is 45.0 Å². The standard InChI is InChI=1S/C16H17BrClFN4O/c1-9-7-23(8-10(2)24-9)15-12(17)6-20-16(22-15)21-11-3-4-14(19)13(18)5-11/h3-6,9-10H,7-8H2,1-2H3,(H,20,21,22). The molecule has 24 heavy (non-hydrogen) atoms. The van der Waals surface area contributed by atoms with Gasteiger partial charge in [-0.15, -0.1) is 0 Å². The molecule has 2 heterocycles. The van der Waals surface area contributed by atoms with Crippen LogP contribution < -0.4 is 10.2 Å². The lowest BCUT2D eigenvalue weighted by Crippen LogP contribution is -2.46. The van der Waals surface area contributed by atoms with E-state index in [2.05, 4.69) is 36.1 Å². The molecule has 0 radical (unpaired) electrons. The fraction of sp³-hybridized carbons (Fsp3) is 0.375. The molecule has 1 fully saturated rings. The maximum Gasteiger partial charge on any atom is 0.229 e. The minimum atomic E-state index is -0.462. The predicted octanol–water partition coefficient (Wildman–Crippen LogP) is 4.39. The van der Waals surface area contributed by atoms with Crippen molar-refractivity contribution in [1.29, 1.82) is 0 Å². The molecule has 128 valence electrons. The maximum absolute atomic E-state index is 13.3. The summed E-state index contributed by atoms with van der Waals surface area (Å²) >= 11 is 9.31. The van der Waals surface area contributed by atoms with Crippen molar-refractivity contribution < 1.29 is 9.13 Å². The first-order chi connectivity index (χ1) is 11.4. The smallest absolute Gasteiger partial charge is 0.229 e. The van der Waals surface area contributed by atoms with Crippen molar-refractivity contribution in [3.8, 4) is 0 Å². The number of hydrogen-bond acceptors (Lipinski definition) is 5. The monoisotopic (exact) mass is 414 g/mol. The number of rotatable bonds is 3. The molecule has 3 rings (SSSR count). The number of nitrogens with zero attached hydrogens (tertiary/aromatic N) is 3. The van der Waals surface area contributed by atoms with Gasteiger partial charge in [0.05, 0.1) is 21.7 Å². The maximum atomic E-state index is 13.3. The zero-order valence-corrected chi connectivity index (χ0v) is 15.6. The Kier molecular flexibility index (Phi) is 5.22. The molecule has 2 atom stereocenters. The summed E-state index contributed by atoms with van der Waals surface area (Å²) in [7, 11) is 0. The molecule has 1 aliphatic rings. The van der Waals surface area contributed by atoms with Crippen LogP contribution in [0.4, 0.5) is 21.8 Å². The van der Waals surface area contributed by atoms with Crippen molar-refractivity contribution in [1.82, 2.24) is 9.97 Å². The Morgan fingerprint density at radius 2 is 2.04 bits per heavy atom. The van der Waals surface area contributed by atoms with Gasteiger partial charge in [-0.3, -0.25) is 0 Å². The van der Waals surface area contributed by atoms with Gasteiger partial charge in [0.15, 0.2) is 0 Å². The number of morpholine rings is 1. The normalized spacial score (nSPS) is 21.0. The average Bonchev–Trinajstić information content (AvgIpc) is 2.52. The van der Waals surface area contributed by atoms with Crippen molar-refractivity contribution in [3.63, 3.8) is 0 Å². The number of ether oxygens (including phenoxy) is 1. The van der Waals surface area contributed by atoms with E-state index in [1.165, 1.54) is 12.1 Å². The Morgan fingerprint density at radius 3 is 2.71 bits per heavy atom. The second-order valence-corrected chi connectivity index (χ2v) is 7.04. The van der Waals surface area contributed by atoms with E-state index >= 15 is 0 Å². The molecule has 1 N–H and O–H groups in total. The van der Waals surface area contributed by atoms with Crippen LogP contribution in [0.15, 0.2) is 28.9 Å². The van der Waals surface area contributed by atoms with Crippen LogP contribution in [0.2, 0.25) is 5.02 Å². The van der Waals surface area contributed by atoms with Crippen molar-refractivity contribution in [2.75, 3.05) is 23.3 Å². The number of benzene rings is 1. The zero-order valence-electron chi connectivity index (χ0n) is 13.3. The highest BCUT2D eigenvalue weighted by Crippen LogP contribution is 2.28. The number of hydrogen-bond donors (Lipinski definition) is 1. The summed E-state index contributed by atoms with van der Waals surface area (Å²) in [6.45, 7) is 5.58. The van der Waals surface area contributed by atoms with Gasteiger partial charge in [0.2, 0.25) is 5.95 Å². The molecule has 1 saturated heterocycles. The highest BCUT2D eigenvalue weighted by molar-refractivity contribution is 9.10. The third kappa shape index (κ3) is 3.96. The lowest BCUT2D eigenvalue weighted by Gasteiger charge is -2.36. The Bertz CT molecular complexity index is 738. The average molecular weight is 416 g/mol. The van der Waals surface area contributed by atoms with E-state index < -0.39 is 5.82 Å². The molecular weight excluding hydrogens is 399 g/mol. The Balaban J connectivity index is 1.84. The van der Waals surface area contributed by atoms with Gasteiger partial charge in [0.1, 0.15) is 11.6 Å². The van der Waals surface area contributed by atoms with Gasteiger partial charge in [-0.2, -0.15) is 4.98 Å². The van der Waals surface area contributed by atoms with Crippen LogP contribution in [0.5, 0.6) is 0 Å². The van der Waals surface area contributed by atoms with E-state index in [1.807, 2.05) is 13.8 Å². The summed E-state index contributed by atoms with van der Waals surface area (Å²) in [5.41, 5.74) is 0.624. The fourth-order valence-corrected chi connectivity index (χ4v) is 3.32. The SMILES string of the molecule is CC1CN(c2nc(Nc3ccc(F)c(Cl)c3)ncc2Br)CC(C)O1. The van der Waals surface area contributed by atoms with Crippen molar-refractivity contribution in [2.24, 2.45) is 0 Å². The Labute approximate surface area is 153 Å². The topological polar surface area (TPSA) is 50.3 Å². The number of aromatic nitrogens is 2. The summed E-state index contributed by atoms with van der Waals surface area (Å²) < 4.78 is 19.8. The van der Waals surface area contributed by atoms with Crippen LogP contribution in [-0.4, -0.2) is 35.3 Å². The number of anilines is 3. The van der Waals surface area contributed by atoms with Gasteiger partial charge in [-0.05, 0) is 48.0 Å². The third-order valence-corrected chi connectivity index (χ3v) is 4.47. The van der Waals surface area contributed by atoms with Gasteiger partial charge in [0.25, 0.3) is 0 Å². The third-order valence-electron chi connectivity index (χ3n) is 3.62. The molecule has 0 amide bonds. The lowest BCUT2D eigenvalue weighted by atomic mass is 10.2. The predicted molar refractivity (Wildman–Crippen MR) is 96.6 cm³/mol. The summed E-state index contributed by atoms with van der Waals surface area (Å²) in [4.78, 5) is 11.0. The summed E-state index contributed by atoms with van der Waals surface area (Å²) in [6, 6.07) is 4.39. The van der Waals surface area contributed by atoms with Gasteiger partial charge < -0.3 is 15.0 Å². The molecule has 0 bridgehead atoms. The van der Waals surface area contributed by atoms with Crippen LogP contribution in [-0.2, 0) is 4.74 Å². The van der Waals surface area contributed by atoms with Crippen LogP contribution in [0.3, 0.4) is 0 Å². The van der Waals surface area contributed by atoms with Crippen LogP contribution in [0, 0.1) is 5.82 Å². The minimum Gasteiger partial charge on any atom is -0.372 e. The van der Waals surface area contributed by atoms with Crippen LogP contribution in [0.1, 0.15) is 13.8 Å². The first kappa shape index (κ1) is 17.4. The lowest BCUT2D eigenvalue weighted by molar-refractivity contribution is -0.00550. The van der Waals surface area contributed by atoms with Crippen LogP contribution in [0.25, 0.3) is 0 Å². The summed E-state index contributed by atoms with van der Waals surface area (Å²) in [5.74, 6) is 0.751. The second kappa shape index (κ2) is 7.21. The van der Waals surface area contributed by atoms with Crippen LogP contribution >= 0.6 is 27.5 Å². The van der Waals surface area contributed by atoms with Gasteiger partial charge >= 0.3 is 0 Å². The first-order valence-electron chi connectivity index (χ1n) is 7.57. The number of nitrogens with one attached hydrogen (secondary N) is 1. The van der Waals surface area contributed by atoms with Crippen molar-refractivity contribution in [2.45, 2.75) is 26.1 Å². The van der Waals surface area contributed by atoms with E-state index in [0.717, 1.165) is 23.4 Å². The quantitative estimate of drug-likeness (QED) is 0.806. The fourth-order valence-electron chi connectivity index (χ4n) is 2.69. The summed E-state index contributed by atoms with van der Waals surface area (Å²) in [6.07, 6.45) is 1.95. The van der Waals surface area contributed by atoms with E-state index in [-0.39, 0.29) is 17.2 Å². The molecule has 1 aromatic heterocycles. The van der Waals surface area contributed by atoms with E-state index in [1.54, 1.807) is 12.3 Å². The summed E-state index contributed by atoms with van der Waals surface area (Å²) in [5, 5.41) is 3.10. The molecular formula is C16H17BrClFN4O. The highest BCUT2D eigenvalue weighted by Gasteiger charge is 2.25. The van der Waals surface area contributed by atoms with Gasteiger partial charge in [0, 0.05) is 25.0 Å². The molecule has 0 spiro atoms. The molecule has 8 heteroatoms. The molecule has 0 aliphatic carbocycles. The molecule has 5 nitrogen and oxygen atoms in total. The van der Waals surface area contributed by atoms with Gasteiger partial charge in [-0.1, -0.05) is 11.6 Å². The van der Waals surface area contributed by atoms with Gasteiger partial charge in [-0.25, -0.2) is 9.37 Å². The minimum absolute atomic E-state index is 0.0492. The number of halogens is 3. The van der Waals surface area contributed by atoms with E-state index in [4.69, 9.17) is 16.3 Å². The van der Waals surface area contributed by atoms with E-state index in [9.17, 15) is 4.39 Å². The zero-order chi connectivity index (χ0) is 17.3. The first-order valence-corrected chi connectivity index (χ1v) is 8.74. The second-order valence-electron chi connectivity index (χ2n) is 5.78. The largest absolute Gasteiger partial charge is 0.372 e. The highest BCUT2D eigenvalue weighted by atomic mass is 79.9. The molecule has 1 aromatic carbocycles. The Morgan fingerprint density at radius 1 is 1.33 bits per heavy atom. The Hall–Kier alpha value is -1.44. The van der Waals surface area contributed by atoms with Crippen molar-refractivity contribution in [3.05, 3.63) is 39.7 Å². The molecule has 1 aliphatic heterocycles.